The molecule has 0 N–H and O–H groups in total. The van der Waals surface area contributed by atoms with Gasteiger partial charge in [-0.15, -0.1) is 0 Å². The maximum atomic E-state index is 4.87. The van der Waals surface area contributed by atoms with Crippen LogP contribution < -0.4 is 0 Å². The van der Waals surface area contributed by atoms with Gasteiger partial charge in [0.05, 0.1) is 5.54 Å². The highest BCUT2D eigenvalue weighted by atomic mass is 15.4. The molecular weight excluding hydrogens is 234 g/mol. The van der Waals surface area contributed by atoms with Crippen LogP contribution in [0.1, 0.15) is 66.2 Å². The van der Waals surface area contributed by atoms with Crippen LogP contribution in [0.5, 0.6) is 0 Å². The minimum Gasteiger partial charge on any atom is -0.344 e. The van der Waals surface area contributed by atoms with Gasteiger partial charge >= 0.3 is 0 Å². The van der Waals surface area contributed by atoms with Gasteiger partial charge in [0.15, 0.2) is 5.96 Å². The molecule has 112 valence electrons. The van der Waals surface area contributed by atoms with Crippen LogP contribution in [0.25, 0.3) is 0 Å². The van der Waals surface area contributed by atoms with Gasteiger partial charge in [-0.2, -0.15) is 0 Å². The zero-order valence-electron chi connectivity index (χ0n) is 13.7. The zero-order valence-corrected chi connectivity index (χ0v) is 13.7. The molecule has 1 heterocycles. The first-order chi connectivity index (χ1) is 8.94. The molecule has 0 unspecified atom stereocenters. The first kappa shape index (κ1) is 16.3. The van der Waals surface area contributed by atoms with Crippen molar-refractivity contribution < 1.29 is 0 Å². The second-order valence-corrected chi connectivity index (χ2v) is 6.76. The third kappa shape index (κ3) is 6.31. The minimum absolute atomic E-state index is 0.0211. The number of guanidine groups is 1. The van der Waals surface area contributed by atoms with Gasteiger partial charge in [-0.1, -0.05) is 39.0 Å². The van der Waals surface area contributed by atoms with E-state index in [0.29, 0.717) is 0 Å². The molecule has 1 aliphatic rings. The van der Waals surface area contributed by atoms with Gasteiger partial charge in [0.2, 0.25) is 0 Å². The predicted molar refractivity (Wildman–Crippen MR) is 84.8 cm³/mol. The molecule has 0 aromatic carbocycles. The fraction of sp³-hybridized carbons (Fsp3) is 0.938. The molecule has 0 aromatic rings. The molecule has 1 rings (SSSR count). The zero-order chi connectivity index (χ0) is 14.3. The number of unbranched alkanes of at least 4 members (excludes halogenated alkanes) is 5. The van der Waals surface area contributed by atoms with Gasteiger partial charge < -0.3 is 9.80 Å². The van der Waals surface area contributed by atoms with Crippen molar-refractivity contribution >= 4 is 5.96 Å². The van der Waals surface area contributed by atoms with Gasteiger partial charge in [-0.05, 0) is 27.2 Å². The lowest BCUT2D eigenvalue weighted by molar-refractivity contribution is 0.426. The van der Waals surface area contributed by atoms with Crippen LogP contribution in [-0.2, 0) is 0 Å². The smallest absolute Gasteiger partial charge is 0.196 e. The largest absolute Gasteiger partial charge is 0.344 e. The Hall–Kier alpha value is -0.730. The standard InChI is InChI=1S/C16H33N3/c1-6-7-8-9-10-11-12-19-14-13-18(5)15(19)17-16(2,3)4/h6-14H2,1-5H3. The van der Waals surface area contributed by atoms with Gasteiger partial charge in [-0.3, -0.25) is 0 Å². The molecule has 0 aromatic heterocycles. The number of aliphatic imine (C=N–C) groups is 1. The van der Waals surface area contributed by atoms with E-state index in [9.17, 15) is 0 Å². The maximum absolute atomic E-state index is 4.87. The van der Waals surface area contributed by atoms with Gasteiger partial charge in [0.1, 0.15) is 0 Å². The van der Waals surface area contributed by atoms with Gasteiger partial charge in [-0.25, -0.2) is 4.99 Å². The Balaban J connectivity index is 2.34. The highest BCUT2D eigenvalue weighted by molar-refractivity contribution is 5.82. The van der Waals surface area contributed by atoms with Crippen LogP contribution >= 0.6 is 0 Å². The number of likely N-dealkylation sites (N-methyl/N-ethyl adjacent to an activating group) is 1. The lowest BCUT2D eigenvalue weighted by Gasteiger charge is -2.24. The average molecular weight is 267 g/mol. The van der Waals surface area contributed by atoms with Crippen molar-refractivity contribution in [1.82, 2.24) is 9.80 Å². The molecule has 3 nitrogen and oxygen atoms in total. The molecular formula is C16H33N3. The second kappa shape index (κ2) is 7.76. The van der Waals surface area contributed by atoms with Crippen molar-refractivity contribution in [2.45, 2.75) is 71.8 Å². The summed E-state index contributed by atoms with van der Waals surface area (Å²) in [5.41, 5.74) is 0.0211. The van der Waals surface area contributed by atoms with Crippen molar-refractivity contribution in [3.05, 3.63) is 0 Å². The predicted octanol–water partition coefficient (Wildman–Crippen LogP) is 3.75. The second-order valence-electron chi connectivity index (χ2n) is 6.76. The number of rotatable bonds is 7. The Bertz CT molecular complexity index is 278. The SMILES string of the molecule is CCCCCCCCN1CCN(C)C1=NC(C)(C)C. The summed E-state index contributed by atoms with van der Waals surface area (Å²) in [6, 6.07) is 0. The molecule has 1 saturated heterocycles. The molecule has 0 radical (unpaired) electrons. The third-order valence-electron chi connectivity index (χ3n) is 3.55. The molecule has 0 saturated carbocycles. The molecule has 19 heavy (non-hydrogen) atoms. The fourth-order valence-electron chi connectivity index (χ4n) is 2.46. The van der Waals surface area contributed by atoms with E-state index in [-0.39, 0.29) is 5.54 Å². The van der Waals surface area contributed by atoms with Crippen LogP contribution in [-0.4, -0.2) is 48.0 Å². The number of nitrogens with zero attached hydrogens (tertiary/aromatic N) is 3. The Morgan fingerprint density at radius 2 is 1.63 bits per heavy atom. The first-order valence-electron chi connectivity index (χ1n) is 8.00. The monoisotopic (exact) mass is 267 g/mol. The van der Waals surface area contributed by atoms with Crippen molar-refractivity contribution in [3.63, 3.8) is 0 Å². The van der Waals surface area contributed by atoms with E-state index in [1.165, 1.54) is 51.0 Å². The normalized spacial score (nSPS) is 18.7. The molecule has 0 spiro atoms. The minimum atomic E-state index is 0.0211. The molecule has 0 bridgehead atoms. The summed E-state index contributed by atoms with van der Waals surface area (Å²) in [6.07, 6.45) is 8.19. The highest BCUT2D eigenvalue weighted by Crippen LogP contribution is 2.15. The van der Waals surface area contributed by atoms with Crippen molar-refractivity contribution in [1.29, 1.82) is 0 Å². The summed E-state index contributed by atoms with van der Waals surface area (Å²) in [6.45, 7) is 12.2. The van der Waals surface area contributed by atoms with Crippen LogP contribution in [0.3, 0.4) is 0 Å². The first-order valence-corrected chi connectivity index (χ1v) is 8.00. The lowest BCUT2D eigenvalue weighted by Crippen LogP contribution is -2.34. The van der Waals surface area contributed by atoms with E-state index in [2.05, 4.69) is 44.5 Å². The Morgan fingerprint density at radius 3 is 2.26 bits per heavy atom. The molecule has 1 fully saturated rings. The maximum Gasteiger partial charge on any atom is 0.196 e. The van der Waals surface area contributed by atoms with Gasteiger partial charge in [0.25, 0.3) is 0 Å². The van der Waals surface area contributed by atoms with Gasteiger partial charge in [0, 0.05) is 26.7 Å². The van der Waals surface area contributed by atoms with Crippen LogP contribution in [0.2, 0.25) is 0 Å². The Labute approximate surface area is 120 Å². The molecule has 1 aliphatic heterocycles. The van der Waals surface area contributed by atoms with E-state index in [4.69, 9.17) is 4.99 Å². The highest BCUT2D eigenvalue weighted by Gasteiger charge is 2.24. The molecule has 3 heteroatoms. The van der Waals surface area contributed by atoms with Crippen LogP contribution in [0.4, 0.5) is 0 Å². The lowest BCUT2D eigenvalue weighted by atomic mass is 10.1. The number of hydrogen-bond acceptors (Lipinski definition) is 1. The van der Waals surface area contributed by atoms with E-state index in [1.807, 2.05) is 0 Å². The topological polar surface area (TPSA) is 18.8 Å². The molecule has 0 amide bonds. The summed E-state index contributed by atoms with van der Waals surface area (Å²) in [7, 11) is 2.16. The Kier molecular flexibility index (Phi) is 6.67. The molecule has 0 aliphatic carbocycles. The van der Waals surface area contributed by atoms with E-state index < -0.39 is 0 Å². The average Bonchev–Trinajstić information content (AvgIpc) is 2.64. The number of hydrogen-bond donors (Lipinski definition) is 0. The van der Waals surface area contributed by atoms with Crippen molar-refractivity contribution in [2.75, 3.05) is 26.7 Å². The fourth-order valence-corrected chi connectivity index (χ4v) is 2.46. The summed E-state index contributed by atoms with van der Waals surface area (Å²) < 4.78 is 0. The summed E-state index contributed by atoms with van der Waals surface area (Å²) in [5.74, 6) is 1.20. The van der Waals surface area contributed by atoms with Crippen LogP contribution in [0, 0.1) is 0 Å². The van der Waals surface area contributed by atoms with E-state index in [0.717, 1.165) is 13.1 Å². The summed E-state index contributed by atoms with van der Waals surface area (Å²) in [4.78, 5) is 9.62. The summed E-state index contributed by atoms with van der Waals surface area (Å²) in [5, 5.41) is 0. The van der Waals surface area contributed by atoms with E-state index in [1.54, 1.807) is 0 Å². The van der Waals surface area contributed by atoms with Crippen molar-refractivity contribution in [2.24, 2.45) is 4.99 Å². The Morgan fingerprint density at radius 1 is 1.00 bits per heavy atom. The quantitative estimate of drug-likeness (QED) is 0.654. The van der Waals surface area contributed by atoms with Crippen LogP contribution in [0.15, 0.2) is 4.99 Å². The van der Waals surface area contributed by atoms with Crippen molar-refractivity contribution in [3.8, 4) is 0 Å². The third-order valence-corrected chi connectivity index (χ3v) is 3.55. The molecule has 0 atom stereocenters. The van der Waals surface area contributed by atoms with E-state index >= 15 is 0 Å². The summed E-state index contributed by atoms with van der Waals surface area (Å²) >= 11 is 0.